The zero-order valence-corrected chi connectivity index (χ0v) is 22.2. The summed E-state index contributed by atoms with van der Waals surface area (Å²) < 4.78 is 69.7. The highest BCUT2D eigenvalue weighted by Crippen LogP contribution is 2.50. The minimum absolute atomic E-state index is 0.160. The Labute approximate surface area is 229 Å². The van der Waals surface area contributed by atoms with Crippen molar-refractivity contribution >= 4 is 34.8 Å². The van der Waals surface area contributed by atoms with Crippen LogP contribution in [-0.2, 0) is 31.1 Å². The van der Waals surface area contributed by atoms with E-state index in [0.717, 1.165) is 10.4 Å². The topological polar surface area (TPSA) is 107 Å². The standard InChI is InChI=1S/C25H26F5N7O2S/c1-36-20(6-16(35-36)22(27)28)33-24-34-32-10-37(24)12-2-3-18-13(5-12)21(23(39)31-9-11-4-15(11)26)19(40-18)7-17(38)14-8-25(14,29)30/h6,10-12,14-15,22H,2-5,7-9H2,1H3,(H,31,39)(H,33,34)/t11-,12+,14-,15-/m1/s1. The maximum absolute atomic E-state index is 13.6. The molecular weight excluding hydrogens is 557 g/mol. The van der Waals surface area contributed by atoms with Crippen molar-refractivity contribution < 1.29 is 31.5 Å². The van der Waals surface area contributed by atoms with Gasteiger partial charge in [-0.05, 0) is 31.2 Å². The maximum atomic E-state index is 13.6. The molecule has 0 radical (unpaired) electrons. The lowest BCUT2D eigenvalue weighted by Gasteiger charge is -2.25. The molecule has 0 aliphatic heterocycles. The lowest BCUT2D eigenvalue weighted by molar-refractivity contribution is -0.121. The molecule has 0 bridgehead atoms. The number of aromatic nitrogens is 5. The zero-order chi connectivity index (χ0) is 28.3. The number of anilines is 2. The smallest absolute Gasteiger partial charge is 0.282 e. The van der Waals surface area contributed by atoms with Crippen molar-refractivity contribution in [1.29, 1.82) is 0 Å². The second-order valence-corrected chi connectivity index (χ2v) is 11.8. The number of amides is 1. The van der Waals surface area contributed by atoms with E-state index in [9.17, 15) is 31.5 Å². The summed E-state index contributed by atoms with van der Waals surface area (Å²) in [6.07, 6.45) is -0.962. The molecule has 3 aliphatic rings. The van der Waals surface area contributed by atoms with Crippen molar-refractivity contribution in [2.75, 3.05) is 11.9 Å². The number of rotatable bonds is 10. The van der Waals surface area contributed by atoms with Crippen LogP contribution in [0.1, 0.15) is 63.1 Å². The Morgan fingerprint density at radius 2 is 2.05 bits per heavy atom. The van der Waals surface area contributed by atoms with E-state index < -0.39 is 42.5 Å². The highest BCUT2D eigenvalue weighted by Gasteiger charge is 2.60. The van der Waals surface area contributed by atoms with Crippen LogP contribution in [-0.4, -0.2) is 54.9 Å². The Morgan fingerprint density at radius 3 is 2.70 bits per heavy atom. The van der Waals surface area contributed by atoms with Gasteiger partial charge in [-0.25, -0.2) is 22.0 Å². The van der Waals surface area contributed by atoms with E-state index in [2.05, 4.69) is 25.9 Å². The van der Waals surface area contributed by atoms with E-state index in [1.165, 1.54) is 35.5 Å². The van der Waals surface area contributed by atoms with E-state index in [0.29, 0.717) is 47.9 Å². The number of hydrogen-bond acceptors (Lipinski definition) is 7. The summed E-state index contributed by atoms with van der Waals surface area (Å²) in [6, 6.07) is 1.00. The number of nitrogens with zero attached hydrogens (tertiary/aromatic N) is 5. The van der Waals surface area contributed by atoms with Crippen LogP contribution in [0, 0.1) is 11.8 Å². The van der Waals surface area contributed by atoms with Crippen molar-refractivity contribution in [3.05, 3.63) is 39.0 Å². The Balaban J connectivity index is 1.25. The molecule has 4 atom stereocenters. The van der Waals surface area contributed by atoms with Gasteiger partial charge >= 0.3 is 0 Å². The third kappa shape index (κ3) is 5.10. The number of hydrogen-bond donors (Lipinski definition) is 2. The number of Topliss-reactive ketones (excluding diaryl/α,β-unsaturated/α-hetero) is 1. The number of aryl methyl sites for hydroxylation is 2. The van der Waals surface area contributed by atoms with E-state index in [-0.39, 0.29) is 30.6 Å². The Hall–Kier alpha value is -3.36. The van der Waals surface area contributed by atoms with Crippen molar-refractivity contribution in [2.24, 2.45) is 18.9 Å². The second kappa shape index (κ2) is 9.93. The molecule has 214 valence electrons. The molecule has 0 saturated heterocycles. The fraction of sp³-hybridized carbons (Fsp3) is 0.560. The first-order chi connectivity index (χ1) is 19.0. The zero-order valence-electron chi connectivity index (χ0n) is 21.3. The van der Waals surface area contributed by atoms with E-state index >= 15 is 0 Å². The molecule has 1 amide bonds. The molecule has 15 heteroatoms. The number of ketones is 1. The Morgan fingerprint density at radius 1 is 1.30 bits per heavy atom. The van der Waals surface area contributed by atoms with Crippen LogP contribution in [0.25, 0.3) is 0 Å². The van der Waals surface area contributed by atoms with Gasteiger partial charge in [-0.2, -0.15) is 5.10 Å². The van der Waals surface area contributed by atoms with Gasteiger partial charge in [0.05, 0.1) is 11.5 Å². The third-order valence-electron chi connectivity index (χ3n) is 7.77. The molecule has 0 spiro atoms. The monoisotopic (exact) mass is 583 g/mol. The van der Waals surface area contributed by atoms with Crippen LogP contribution >= 0.6 is 11.3 Å². The first kappa shape index (κ1) is 26.8. The van der Waals surface area contributed by atoms with Gasteiger partial charge in [0.2, 0.25) is 5.95 Å². The largest absolute Gasteiger partial charge is 0.352 e. The second-order valence-electron chi connectivity index (χ2n) is 10.6. The average Bonchev–Trinajstić information content (AvgIpc) is 3.50. The van der Waals surface area contributed by atoms with Crippen molar-refractivity contribution in [3.63, 3.8) is 0 Å². The van der Waals surface area contributed by atoms with Gasteiger partial charge in [-0.15, -0.1) is 21.5 Å². The van der Waals surface area contributed by atoms with Crippen LogP contribution in [0.5, 0.6) is 0 Å². The van der Waals surface area contributed by atoms with Gasteiger partial charge in [0.15, 0.2) is 0 Å². The molecule has 2 fully saturated rings. The maximum Gasteiger partial charge on any atom is 0.282 e. The summed E-state index contributed by atoms with van der Waals surface area (Å²) in [5.41, 5.74) is 0.634. The summed E-state index contributed by atoms with van der Waals surface area (Å²) in [5.74, 6) is -5.01. The highest BCUT2D eigenvalue weighted by molar-refractivity contribution is 7.12. The van der Waals surface area contributed by atoms with Gasteiger partial charge in [0, 0.05) is 54.2 Å². The molecule has 2 N–H and O–H groups in total. The van der Waals surface area contributed by atoms with E-state index in [4.69, 9.17) is 0 Å². The van der Waals surface area contributed by atoms with Gasteiger partial charge < -0.3 is 10.6 Å². The van der Waals surface area contributed by atoms with Gasteiger partial charge in [-0.3, -0.25) is 18.8 Å². The fourth-order valence-electron chi connectivity index (χ4n) is 5.25. The first-order valence-corrected chi connectivity index (χ1v) is 13.8. The van der Waals surface area contributed by atoms with Crippen molar-refractivity contribution in [1.82, 2.24) is 29.9 Å². The minimum atomic E-state index is -2.99. The normalized spacial score (nSPS) is 24.6. The Kier molecular flexibility index (Phi) is 6.66. The third-order valence-corrected chi connectivity index (χ3v) is 9.07. The molecule has 0 aromatic carbocycles. The quantitative estimate of drug-likeness (QED) is 0.344. The molecule has 3 heterocycles. The SMILES string of the molecule is Cn1nc(C(F)F)cc1Nc1nncn1[C@H]1CCc2sc(CC(=O)[C@H]3CC3(F)F)c(C(=O)NC[C@H]3C[C@H]3F)c2C1. The van der Waals surface area contributed by atoms with E-state index in [1.807, 2.05) is 0 Å². The summed E-state index contributed by atoms with van der Waals surface area (Å²) in [6.45, 7) is 0.160. The molecule has 9 nitrogen and oxygen atoms in total. The van der Waals surface area contributed by atoms with Crippen molar-refractivity contribution in [2.45, 2.75) is 63.1 Å². The summed E-state index contributed by atoms with van der Waals surface area (Å²) in [7, 11) is 1.52. The predicted molar refractivity (Wildman–Crippen MR) is 134 cm³/mol. The van der Waals surface area contributed by atoms with Gasteiger partial charge in [0.25, 0.3) is 18.3 Å². The lowest BCUT2D eigenvalue weighted by atomic mass is 9.90. The minimum Gasteiger partial charge on any atom is -0.352 e. The number of thiophene rings is 1. The summed E-state index contributed by atoms with van der Waals surface area (Å²) in [4.78, 5) is 27.3. The number of carbonyl (C=O) groups is 2. The fourth-order valence-corrected chi connectivity index (χ4v) is 6.61. The van der Waals surface area contributed by atoms with Crippen LogP contribution < -0.4 is 10.6 Å². The van der Waals surface area contributed by atoms with Crippen LogP contribution in [0.15, 0.2) is 12.4 Å². The molecule has 40 heavy (non-hydrogen) atoms. The summed E-state index contributed by atoms with van der Waals surface area (Å²) >= 11 is 1.29. The number of fused-ring (bicyclic) bond motifs is 1. The first-order valence-electron chi connectivity index (χ1n) is 13.0. The molecular formula is C25H26F5N7O2S. The van der Waals surface area contributed by atoms with Crippen LogP contribution in [0.3, 0.4) is 0 Å². The number of nitrogens with one attached hydrogen (secondary N) is 2. The molecule has 3 aromatic rings. The van der Waals surface area contributed by atoms with Gasteiger partial charge in [0.1, 0.15) is 29.8 Å². The van der Waals surface area contributed by atoms with Gasteiger partial charge in [-0.1, -0.05) is 0 Å². The molecule has 3 aliphatic carbocycles. The Bertz CT molecular complexity index is 1470. The molecule has 3 aromatic heterocycles. The molecule has 0 unspecified atom stereocenters. The number of halogens is 5. The average molecular weight is 584 g/mol. The number of carbonyl (C=O) groups excluding carboxylic acids is 2. The van der Waals surface area contributed by atoms with Crippen LogP contribution in [0.2, 0.25) is 0 Å². The number of alkyl halides is 5. The van der Waals surface area contributed by atoms with Crippen molar-refractivity contribution in [3.8, 4) is 0 Å². The lowest BCUT2D eigenvalue weighted by Crippen LogP contribution is -2.29. The highest BCUT2D eigenvalue weighted by atomic mass is 32.1. The summed E-state index contributed by atoms with van der Waals surface area (Å²) in [5, 5.41) is 17.6. The predicted octanol–water partition coefficient (Wildman–Crippen LogP) is 4.34. The molecule has 6 rings (SSSR count). The van der Waals surface area contributed by atoms with Crippen LogP contribution in [0.4, 0.5) is 33.7 Å². The molecule has 2 saturated carbocycles. The van der Waals surface area contributed by atoms with E-state index in [1.54, 1.807) is 4.57 Å².